The van der Waals surface area contributed by atoms with Gasteiger partial charge in [-0.1, -0.05) is 57.5 Å². The summed E-state index contributed by atoms with van der Waals surface area (Å²) in [5, 5.41) is 6.06. The minimum atomic E-state index is -0.587. The lowest BCUT2D eigenvalue weighted by molar-refractivity contribution is -0.130. The zero-order chi connectivity index (χ0) is 20.0. The van der Waals surface area contributed by atoms with E-state index in [-0.39, 0.29) is 23.8 Å². The van der Waals surface area contributed by atoms with Gasteiger partial charge in [0.15, 0.2) is 0 Å². The first-order chi connectivity index (χ1) is 12.8. The maximum atomic E-state index is 13.0. The first-order valence-electron chi connectivity index (χ1n) is 10.2. The highest BCUT2D eigenvalue weighted by Gasteiger charge is 2.35. The molecule has 0 saturated heterocycles. The first-order valence-corrected chi connectivity index (χ1v) is 10.2. The second-order valence-electron chi connectivity index (χ2n) is 8.44. The lowest BCUT2D eigenvalue weighted by Crippen LogP contribution is -2.46. The summed E-state index contributed by atoms with van der Waals surface area (Å²) in [6.07, 6.45) is 3.25. The Labute approximate surface area is 163 Å². The SMILES string of the molecule is CC1CC[C@@H](C(C)C)[C@H](C(=O)NCC(NC(=O)[C@@H](C)N)c2ccccc2)C1. The first kappa shape index (κ1) is 21.4. The number of benzene rings is 1. The van der Waals surface area contributed by atoms with Gasteiger partial charge in [-0.05, 0) is 43.1 Å². The molecule has 1 aliphatic carbocycles. The number of carbonyl (C=O) groups is 2. The fraction of sp³-hybridized carbons (Fsp3) is 0.636. The highest BCUT2D eigenvalue weighted by atomic mass is 16.2. The highest BCUT2D eigenvalue weighted by molar-refractivity contribution is 5.82. The summed E-state index contributed by atoms with van der Waals surface area (Å²) in [7, 11) is 0. The summed E-state index contributed by atoms with van der Waals surface area (Å²) < 4.78 is 0. The van der Waals surface area contributed by atoms with Crippen molar-refractivity contribution in [3.05, 3.63) is 35.9 Å². The van der Waals surface area contributed by atoms with Crippen LogP contribution in [-0.4, -0.2) is 24.4 Å². The van der Waals surface area contributed by atoms with Crippen LogP contribution in [-0.2, 0) is 9.59 Å². The van der Waals surface area contributed by atoms with Gasteiger partial charge in [-0.3, -0.25) is 9.59 Å². The Kier molecular flexibility index (Phi) is 7.84. The minimum absolute atomic E-state index is 0.0503. The van der Waals surface area contributed by atoms with Gasteiger partial charge in [-0.2, -0.15) is 0 Å². The topological polar surface area (TPSA) is 84.2 Å². The van der Waals surface area contributed by atoms with Crippen LogP contribution in [0.25, 0.3) is 0 Å². The molecule has 150 valence electrons. The average molecular weight is 374 g/mol. The van der Waals surface area contributed by atoms with Crippen molar-refractivity contribution >= 4 is 11.8 Å². The standard InChI is InChI=1S/C22H35N3O2/c1-14(2)18-11-10-15(3)12-19(18)22(27)24-13-20(25-21(26)16(4)23)17-8-6-5-7-9-17/h5-9,14-16,18-20H,10-13,23H2,1-4H3,(H,24,27)(H,25,26)/t15?,16-,18+,19-,20?/m1/s1. The third-order valence-corrected chi connectivity index (χ3v) is 5.77. The largest absolute Gasteiger partial charge is 0.353 e. The molecule has 0 aliphatic heterocycles. The number of amides is 2. The molecule has 2 unspecified atom stereocenters. The Morgan fingerprint density at radius 3 is 2.41 bits per heavy atom. The van der Waals surface area contributed by atoms with E-state index in [0.29, 0.717) is 24.3 Å². The van der Waals surface area contributed by atoms with Crippen LogP contribution in [0.5, 0.6) is 0 Å². The molecule has 1 fully saturated rings. The molecular weight excluding hydrogens is 338 g/mol. The van der Waals surface area contributed by atoms with Gasteiger partial charge in [-0.25, -0.2) is 0 Å². The van der Waals surface area contributed by atoms with Gasteiger partial charge in [0.25, 0.3) is 0 Å². The van der Waals surface area contributed by atoms with Crippen molar-refractivity contribution in [1.29, 1.82) is 0 Å². The van der Waals surface area contributed by atoms with Gasteiger partial charge >= 0.3 is 0 Å². The summed E-state index contributed by atoms with van der Waals surface area (Å²) in [6.45, 7) is 8.67. The maximum Gasteiger partial charge on any atom is 0.237 e. The van der Waals surface area contributed by atoms with E-state index in [1.54, 1.807) is 6.92 Å². The van der Waals surface area contributed by atoms with Crippen LogP contribution in [0.2, 0.25) is 0 Å². The van der Waals surface area contributed by atoms with Crippen LogP contribution >= 0.6 is 0 Å². The summed E-state index contributed by atoms with van der Waals surface area (Å²) in [5.74, 6) is 1.44. The van der Waals surface area contributed by atoms with Crippen LogP contribution in [0.3, 0.4) is 0 Å². The van der Waals surface area contributed by atoms with E-state index in [2.05, 4.69) is 31.4 Å². The number of hydrogen-bond donors (Lipinski definition) is 3. The number of carbonyl (C=O) groups excluding carboxylic acids is 2. The Hall–Kier alpha value is -1.88. The van der Waals surface area contributed by atoms with Gasteiger partial charge in [-0.15, -0.1) is 0 Å². The van der Waals surface area contributed by atoms with Crippen molar-refractivity contribution in [1.82, 2.24) is 10.6 Å². The Balaban J connectivity index is 2.06. The molecular formula is C22H35N3O2. The van der Waals surface area contributed by atoms with Crippen molar-refractivity contribution in [3.8, 4) is 0 Å². The summed E-state index contributed by atoms with van der Waals surface area (Å²) in [4.78, 5) is 25.1. The molecule has 1 aromatic carbocycles. The second kappa shape index (κ2) is 9.88. The molecule has 2 amide bonds. The maximum absolute atomic E-state index is 13.0. The lowest BCUT2D eigenvalue weighted by atomic mass is 9.70. The number of nitrogens with two attached hydrogens (primary N) is 1. The molecule has 5 heteroatoms. The van der Waals surface area contributed by atoms with E-state index >= 15 is 0 Å². The summed E-state index contributed by atoms with van der Waals surface area (Å²) in [5.41, 5.74) is 6.66. The van der Waals surface area contributed by atoms with E-state index in [0.717, 1.165) is 18.4 Å². The Morgan fingerprint density at radius 2 is 1.81 bits per heavy atom. The average Bonchev–Trinajstić information content (AvgIpc) is 2.64. The lowest BCUT2D eigenvalue weighted by Gasteiger charge is -2.36. The molecule has 0 heterocycles. The van der Waals surface area contributed by atoms with E-state index < -0.39 is 6.04 Å². The zero-order valence-electron chi connectivity index (χ0n) is 17.1. The number of rotatable bonds is 7. The molecule has 1 aromatic rings. The van der Waals surface area contributed by atoms with E-state index in [1.165, 1.54) is 6.42 Å². The number of hydrogen-bond acceptors (Lipinski definition) is 3. The fourth-order valence-electron chi connectivity index (χ4n) is 4.08. The van der Waals surface area contributed by atoms with Crippen molar-refractivity contribution in [3.63, 3.8) is 0 Å². The van der Waals surface area contributed by atoms with Gasteiger partial charge < -0.3 is 16.4 Å². The van der Waals surface area contributed by atoms with Crippen molar-refractivity contribution in [2.24, 2.45) is 29.4 Å². The van der Waals surface area contributed by atoms with Crippen molar-refractivity contribution in [2.45, 2.75) is 59.0 Å². The predicted molar refractivity (Wildman–Crippen MR) is 109 cm³/mol. The number of nitrogens with one attached hydrogen (secondary N) is 2. The molecule has 2 rings (SSSR count). The highest BCUT2D eigenvalue weighted by Crippen LogP contribution is 2.38. The van der Waals surface area contributed by atoms with E-state index in [9.17, 15) is 9.59 Å². The second-order valence-corrected chi connectivity index (χ2v) is 8.44. The third-order valence-electron chi connectivity index (χ3n) is 5.77. The molecule has 0 radical (unpaired) electrons. The molecule has 27 heavy (non-hydrogen) atoms. The van der Waals surface area contributed by atoms with Crippen LogP contribution in [0.15, 0.2) is 30.3 Å². The molecule has 0 spiro atoms. The summed E-state index contributed by atoms with van der Waals surface area (Å²) >= 11 is 0. The van der Waals surface area contributed by atoms with Gasteiger partial charge in [0.2, 0.25) is 11.8 Å². The Morgan fingerprint density at radius 1 is 1.15 bits per heavy atom. The smallest absolute Gasteiger partial charge is 0.237 e. The van der Waals surface area contributed by atoms with Crippen LogP contribution in [0, 0.1) is 23.7 Å². The Bertz CT molecular complexity index is 615. The fourth-order valence-corrected chi connectivity index (χ4v) is 4.08. The molecule has 5 nitrogen and oxygen atoms in total. The third kappa shape index (κ3) is 6.06. The molecule has 1 aliphatic rings. The van der Waals surface area contributed by atoms with Crippen LogP contribution in [0.1, 0.15) is 58.6 Å². The monoisotopic (exact) mass is 373 g/mol. The normalized spacial score (nSPS) is 24.9. The molecule has 0 bridgehead atoms. The summed E-state index contributed by atoms with van der Waals surface area (Å²) in [6, 6.07) is 8.84. The van der Waals surface area contributed by atoms with Gasteiger partial charge in [0.05, 0.1) is 12.1 Å². The molecule has 1 saturated carbocycles. The van der Waals surface area contributed by atoms with Gasteiger partial charge in [0, 0.05) is 12.5 Å². The van der Waals surface area contributed by atoms with Crippen molar-refractivity contribution < 1.29 is 9.59 Å². The van der Waals surface area contributed by atoms with Crippen LogP contribution in [0.4, 0.5) is 0 Å². The quantitative estimate of drug-likeness (QED) is 0.687. The van der Waals surface area contributed by atoms with Crippen LogP contribution < -0.4 is 16.4 Å². The minimum Gasteiger partial charge on any atom is -0.353 e. The van der Waals surface area contributed by atoms with Crippen molar-refractivity contribution in [2.75, 3.05) is 6.54 Å². The zero-order valence-corrected chi connectivity index (χ0v) is 17.1. The van der Waals surface area contributed by atoms with E-state index in [4.69, 9.17) is 5.73 Å². The van der Waals surface area contributed by atoms with Gasteiger partial charge in [0.1, 0.15) is 0 Å². The predicted octanol–water partition coefficient (Wildman–Crippen LogP) is 3.02. The molecule has 0 aromatic heterocycles. The molecule has 4 N–H and O–H groups in total. The molecule has 5 atom stereocenters. The van der Waals surface area contributed by atoms with E-state index in [1.807, 2.05) is 30.3 Å².